The fraction of sp³-hybridized carbons (Fsp3) is 0.0909. The van der Waals surface area contributed by atoms with Crippen molar-refractivity contribution in [2.75, 3.05) is 4.72 Å². The van der Waals surface area contributed by atoms with Gasteiger partial charge in [-0.2, -0.15) is 8.42 Å². The molecule has 136 valence electrons. The summed E-state index contributed by atoms with van der Waals surface area (Å²) >= 11 is 0. The van der Waals surface area contributed by atoms with Crippen LogP contribution in [0.4, 0.5) is 5.69 Å². The maximum atomic E-state index is 11.7. The molecule has 0 spiro atoms. The Balaban J connectivity index is 2.15. The lowest BCUT2D eigenvalue weighted by Gasteiger charge is -2.17. The van der Waals surface area contributed by atoms with Gasteiger partial charge in [-0.05, 0) is 57.3 Å². The zero-order valence-electron chi connectivity index (χ0n) is 14.9. The molecule has 0 amide bonds. The highest BCUT2D eigenvalue weighted by atomic mass is 32.2. The molecular formula is C22H20N2O2S. The topological polar surface area (TPSA) is 72.2 Å². The number of hydrogen-bond donors (Lipinski definition) is 2. The van der Waals surface area contributed by atoms with Crippen molar-refractivity contribution in [1.82, 2.24) is 0 Å². The highest BCUT2D eigenvalue weighted by Gasteiger charge is 2.16. The lowest BCUT2D eigenvalue weighted by molar-refractivity contribution is 0.603. The molecule has 4 aromatic carbocycles. The summed E-state index contributed by atoms with van der Waals surface area (Å²) in [6.07, 6.45) is 0.853. The second-order valence-corrected chi connectivity index (χ2v) is 7.87. The highest BCUT2D eigenvalue weighted by Crippen LogP contribution is 2.40. The number of hydrogen-bond acceptors (Lipinski definition) is 2. The van der Waals surface area contributed by atoms with E-state index >= 15 is 0 Å². The van der Waals surface area contributed by atoms with Crippen molar-refractivity contribution in [1.29, 1.82) is 0 Å². The van der Waals surface area contributed by atoms with Gasteiger partial charge < -0.3 is 0 Å². The number of nitrogens with two attached hydrogens (primary N) is 1. The number of fused-ring (bicyclic) bond motifs is 2. The predicted molar refractivity (Wildman–Crippen MR) is 113 cm³/mol. The normalized spacial score (nSPS) is 11.8. The van der Waals surface area contributed by atoms with Gasteiger partial charge in [0.05, 0.1) is 5.69 Å². The smallest absolute Gasteiger partial charge is 0.271 e. The summed E-state index contributed by atoms with van der Waals surface area (Å²) in [5.74, 6) is 0. The second-order valence-electron chi connectivity index (χ2n) is 6.57. The monoisotopic (exact) mass is 376 g/mol. The van der Waals surface area contributed by atoms with E-state index in [0.717, 1.165) is 44.7 Å². The third kappa shape index (κ3) is 3.39. The minimum absolute atomic E-state index is 0.483. The van der Waals surface area contributed by atoms with E-state index in [1.807, 2.05) is 36.4 Å². The molecule has 0 aliphatic rings. The molecule has 27 heavy (non-hydrogen) atoms. The minimum Gasteiger partial charge on any atom is -0.271 e. The molecule has 0 saturated heterocycles. The van der Waals surface area contributed by atoms with Crippen molar-refractivity contribution in [2.45, 2.75) is 13.3 Å². The Morgan fingerprint density at radius 1 is 0.852 bits per heavy atom. The Morgan fingerprint density at radius 3 is 2.00 bits per heavy atom. The average molecular weight is 376 g/mol. The Morgan fingerprint density at radius 2 is 1.44 bits per heavy atom. The first kappa shape index (κ1) is 17.5. The third-order valence-corrected chi connectivity index (χ3v) is 5.29. The maximum absolute atomic E-state index is 11.7. The van der Waals surface area contributed by atoms with Crippen molar-refractivity contribution < 1.29 is 8.42 Å². The van der Waals surface area contributed by atoms with Gasteiger partial charge in [0.25, 0.3) is 10.2 Å². The molecule has 0 unspecified atom stereocenters. The molecule has 0 aliphatic heterocycles. The third-order valence-electron chi connectivity index (χ3n) is 4.79. The van der Waals surface area contributed by atoms with E-state index in [2.05, 4.69) is 42.0 Å². The molecule has 5 heteroatoms. The van der Waals surface area contributed by atoms with E-state index < -0.39 is 10.2 Å². The predicted octanol–water partition coefficient (Wildman–Crippen LogP) is 4.84. The summed E-state index contributed by atoms with van der Waals surface area (Å²) < 4.78 is 25.9. The molecule has 4 nitrogen and oxygen atoms in total. The van der Waals surface area contributed by atoms with Crippen LogP contribution in [0.1, 0.15) is 12.5 Å². The molecule has 0 radical (unpaired) electrons. The van der Waals surface area contributed by atoms with Crippen molar-refractivity contribution in [3.63, 3.8) is 0 Å². The van der Waals surface area contributed by atoms with Gasteiger partial charge in [-0.25, -0.2) is 5.14 Å². The van der Waals surface area contributed by atoms with Gasteiger partial charge in [0.2, 0.25) is 0 Å². The van der Waals surface area contributed by atoms with Crippen LogP contribution in [0.25, 0.3) is 32.7 Å². The van der Waals surface area contributed by atoms with E-state index in [9.17, 15) is 8.42 Å². The van der Waals surface area contributed by atoms with E-state index in [4.69, 9.17) is 5.14 Å². The van der Waals surface area contributed by atoms with Crippen LogP contribution in [0.3, 0.4) is 0 Å². The molecule has 0 saturated carbocycles. The van der Waals surface area contributed by atoms with Crippen LogP contribution < -0.4 is 9.86 Å². The van der Waals surface area contributed by atoms with Crippen LogP contribution in [0, 0.1) is 0 Å². The first-order valence-corrected chi connectivity index (χ1v) is 10.4. The van der Waals surface area contributed by atoms with Gasteiger partial charge in [0, 0.05) is 5.56 Å². The molecule has 0 heterocycles. The second kappa shape index (κ2) is 6.68. The first-order valence-electron chi connectivity index (χ1n) is 8.80. The van der Waals surface area contributed by atoms with Crippen LogP contribution in [0.5, 0.6) is 0 Å². The number of benzene rings is 4. The molecule has 0 aliphatic carbocycles. The number of rotatable bonds is 4. The summed E-state index contributed by atoms with van der Waals surface area (Å²) in [6.45, 7) is 2.08. The quantitative estimate of drug-likeness (QED) is 0.500. The number of nitrogens with one attached hydrogen (secondary N) is 1. The molecular weight excluding hydrogens is 356 g/mol. The standard InChI is InChI=1S/C22H20N2O2S/c1-2-15-11-12-21(24-27(23,25)26)20(13-15)22-18-9-5-3-7-16(18)14-17-8-4-6-10-19(17)22/h3-14,24H,2H2,1H3,(H2,23,25,26). The zero-order valence-corrected chi connectivity index (χ0v) is 15.8. The van der Waals surface area contributed by atoms with Crippen LogP contribution >= 0.6 is 0 Å². The van der Waals surface area contributed by atoms with Crippen LogP contribution in [0.2, 0.25) is 0 Å². The fourth-order valence-electron chi connectivity index (χ4n) is 3.56. The van der Waals surface area contributed by atoms with Gasteiger partial charge in [0.1, 0.15) is 0 Å². The van der Waals surface area contributed by atoms with Crippen LogP contribution in [0.15, 0.2) is 72.8 Å². The molecule has 0 fully saturated rings. The summed E-state index contributed by atoms with van der Waals surface area (Å²) in [5.41, 5.74) is 3.44. The molecule has 0 atom stereocenters. The maximum Gasteiger partial charge on any atom is 0.296 e. The molecule has 3 N–H and O–H groups in total. The largest absolute Gasteiger partial charge is 0.296 e. The molecule has 0 bridgehead atoms. The number of aryl methyl sites for hydroxylation is 1. The number of anilines is 1. The lowest BCUT2D eigenvalue weighted by atomic mass is 9.90. The SMILES string of the molecule is CCc1ccc(NS(N)(=O)=O)c(-c2c3ccccc3cc3ccccc23)c1. The van der Waals surface area contributed by atoms with Gasteiger partial charge in [-0.15, -0.1) is 0 Å². The van der Waals surface area contributed by atoms with Gasteiger partial charge >= 0.3 is 0 Å². The van der Waals surface area contributed by atoms with Gasteiger partial charge in [-0.1, -0.05) is 61.5 Å². The van der Waals surface area contributed by atoms with Crippen LogP contribution in [-0.4, -0.2) is 8.42 Å². The zero-order chi connectivity index (χ0) is 19.0. The van der Waals surface area contributed by atoms with E-state index in [0.29, 0.717) is 5.69 Å². The van der Waals surface area contributed by atoms with Crippen molar-refractivity contribution in [2.24, 2.45) is 5.14 Å². The fourth-order valence-corrected chi connectivity index (χ4v) is 4.05. The molecule has 4 aromatic rings. The van der Waals surface area contributed by atoms with Crippen molar-refractivity contribution in [3.05, 3.63) is 78.4 Å². The summed E-state index contributed by atoms with van der Waals surface area (Å²) in [7, 11) is -3.88. The summed E-state index contributed by atoms with van der Waals surface area (Å²) in [4.78, 5) is 0. The minimum atomic E-state index is -3.88. The van der Waals surface area contributed by atoms with Gasteiger partial charge in [0.15, 0.2) is 0 Å². The summed E-state index contributed by atoms with van der Waals surface area (Å²) in [5, 5.41) is 9.63. The average Bonchev–Trinajstić information content (AvgIpc) is 2.65. The van der Waals surface area contributed by atoms with E-state index in [-0.39, 0.29) is 0 Å². The molecule has 0 aromatic heterocycles. The first-order chi connectivity index (χ1) is 13.0. The van der Waals surface area contributed by atoms with Crippen molar-refractivity contribution in [3.8, 4) is 11.1 Å². The highest BCUT2D eigenvalue weighted by molar-refractivity contribution is 7.90. The van der Waals surface area contributed by atoms with Crippen LogP contribution in [-0.2, 0) is 16.6 Å². The molecule has 4 rings (SSSR count). The van der Waals surface area contributed by atoms with Crippen molar-refractivity contribution >= 4 is 37.4 Å². The van der Waals surface area contributed by atoms with E-state index in [1.165, 1.54) is 0 Å². The lowest BCUT2D eigenvalue weighted by Crippen LogP contribution is -2.22. The Kier molecular flexibility index (Phi) is 4.34. The Bertz CT molecular complexity index is 1210. The Labute approximate surface area is 158 Å². The van der Waals surface area contributed by atoms with Gasteiger partial charge in [-0.3, -0.25) is 4.72 Å². The summed E-state index contributed by atoms with van der Waals surface area (Å²) in [6, 6.07) is 24.2. The Hall–Kier alpha value is -2.89. The van der Waals surface area contributed by atoms with E-state index in [1.54, 1.807) is 6.07 Å².